The molecule has 2 rings (SSSR count). The fourth-order valence-electron chi connectivity index (χ4n) is 2.05. The van der Waals surface area contributed by atoms with Gasteiger partial charge < -0.3 is 5.73 Å². The normalized spacial score (nSPS) is 13.2. The molecule has 0 fully saturated rings. The van der Waals surface area contributed by atoms with Gasteiger partial charge in [-0.2, -0.15) is 0 Å². The minimum atomic E-state index is -3.32. The highest BCUT2D eigenvalue weighted by Crippen LogP contribution is 2.27. The zero-order valence-electron chi connectivity index (χ0n) is 11.6. The maximum absolute atomic E-state index is 14.1. The van der Waals surface area contributed by atoms with E-state index < -0.39 is 27.5 Å². The molecule has 0 aromatic heterocycles. The van der Waals surface area contributed by atoms with Gasteiger partial charge in [-0.3, -0.25) is 0 Å². The summed E-state index contributed by atoms with van der Waals surface area (Å²) in [4.78, 5) is 0.128. The largest absolute Gasteiger partial charge is 0.320 e. The van der Waals surface area contributed by atoms with Crippen LogP contribution >= 0.6 is 0 Å². The molecule has 0 spiro atoms. The summed E-state index contributed by atoms with van der Waals surface area (Å²) in [6, 6.07) is 7.17. The van der Waals surface area contributed by atoms with E-state index in [1.807, 2.05) is 0 Å². The fraction of sp³-hybridized carbons (Fsp3) is 0.200. The second-order valence-electron chi connectivity index (χ2n) is 4.91. The maximum Gasteiger partial charge on any atom is 0.175 e. The average molecular weight is 311 g/mol. The van der Waals surface area contributed by atoms with Crippen molar-refractivity contribution in [2.45, 2.75) is 17.9 Å². The highest BCUT2D eigenvalue weighted by atomic mass is 32.2. The number of aryl methyl sites for hydroxylation is 1. The van der Waals surface area contributed by atoms with Crippen molar-refractivity contribution in [2.75, 3.05) is 6.26 Å². The van der Waals surface area contributed by atoms with Crippen LogP contribution in [0.2, 0.25) is 0 Å². The van der Waals surface area contributed by atoms with Gasteiger partial charge >= 0.3 is 0 Å². The van der Waals surface area contributed by atoms with Crippen LogP contribution < -0.4 is 5.73 Å². The van der Waals surface area contributed by atoms with E-state index in [4.69, 9.17) is 5.73 Å². The summed E-state index contributed by atoms with van der Waals surface area (Å²) in [5.41, 5.74) is 6.43. The topological polar surface area (TPSA) is 60.2 Å². The van der Waals surface area contributed by atoms with Gasteiger partial charge in [0.2, 0.25) is 0 Å². The summed E-state index contributed by atoms with van der Waals surface area (Å²) < 4.78 is 50.6. The predicted molar refractivity (Wildman–Crippen MR) is 76.7 cm³/mol. The van der Waals surface area contributed by atoms with Gasteiger partial charge in [0.1, 0.15) is 11.6 Å². The lowest BCUT2D eigenvalue weighted by Gasteiger charge is -2.16. The zero-order chi connectivity index (χ0) is 15.8. The predicted octanol–water partition coefficient (Wildman–Crippen LogP) is 2.72. The van der Waals surface area contributed by atoms with Gasteiger partial charge in [-0.1, -0.05) is 18.2 Å². The van der Waals surface area contributed by atoms with Gasteiger partial charge in [-0.25, -0.2) is 17.2 Å². The molecule has 1 unspecified atom stereocenters. The van der Waals surface area contributed by atoms with E-state index in [0.717, 1.165) is 6.26 Å². The molecule has 2 N–H and O–H groups in total. The third-order valence-corrected chi connectivity index (χ3v) is 4.43. The molecule has 21 heavy (non-hydrogen) atoms. The highest BCUT2D eigenvalue weighted by molar-refractivity contribution is 7.90. The lowest BCUT2D eigenvalue weighted by atomic mass is 9.97. The van der Waals surface area contributed by atoms with E-state index >= 15 is 0 Å². The number of nitrogens with two attached hydrogens (primary N) is 1. The number of hydrogen-bond donors (Lipinski definition) is 1. The minimum Gasteiger partial charge on any atom is -0.320 e. The molecule has 0 saturated heterocycles. The van der Waals surface area contributed by atoms with E-state index in [1.54, 1.807) is 0 Å². The Morgan fingerprint density at radius 1 is 1.05 bits per heavy atom. The van der Waals surface area contributed by atoms with Gasteiger partial charge in [0, 0.05) is 11.8 Å². The van der Waals surface area contributed by atoms with Crippen LogP contribution in [0.4, 0.5) is 8.78 Å². The summed E-state index contributed by atoms with van der Waals surface area (Å²) >= 11 is 0. The Balaban J connectivity index is 2.46. The van der Waals surface area contributed by atoms with Crippen molar-refractivity contribution in [3.8, 4) is 0 Å². The van der Waals surface area contributed by atoms with Gasteiger partial charge in [-0.15, -0.1) is 0 Å². The van der Waals surface area contributed by atoms with Crippen LogP contribution in [0.15, 0.2) is 41.3 Å². The number of benzene rings is 2. The second kappa shape index (κ2) is 5.54. The lowest BCUT2D eigenvalue weighted by Crippen LogP contribution is -2.16. The molecular formula is C15H15F2NO2S. The van der Waals surface area contributed by atoms with Crippen molar-refractivity contribution in [1.82, 2.24) is 0 Å². The van der Waals surface area contributed by atoms with E-state index in [0.29, 0.717) is 11.1 Å². The lowest BCUT2D eigenvalue weighted by molar-refractivity contribution is 0.538. The number of sulfone groups is 1. The third kappa shape index (κ3) is 3.11. The van der Waals surface area contributed by atoms with Gasteiger partial charge in [0.15, 0.2) is 9.84 Å². The first-order valence-corrected chi connectivity index (χ1v) is 8.11. The summed E-state index contributed by atoms with van der Waals surface area (Å²) in [5.74, 6) is -1.41. The summed E-state index contributed by atoms with van der Waals surface area (Å²) in [6.07, 6.45) is 1.09. The van der Waals surface area contributed by atoms with Crippen LogP contribution in [-0.2, 0) is 9.84 Å². The molecular weight excluding hydrogens is 296 g/mol. The summed E-state index contributed by atoms with van der Waals surface area (Å²) in [5, 5.41) is 0. The van der Waals surface area contributed by atoms with Crippen molar-refractivity contribution in [2.24, 2.45) is 5.73 Å². The molecule has 0 bridgehead atoms. The molecule has 6 heteroatoms. The van der Waals surface area contributed by atoms with Crippen LogP contribution in [-0.4, -0.2) is 14.7 Å². The SMILES string of the molecule is Cc1ccc(F)c(C(N)c2ccc(S(C)(=O)=O)cc2)c1F. The van der Waals surface area contributed by atoms with Crippen molar-refractivity contribution < 1.29 is 17.2 Å². The van der Waals surface area contributed by atoms with Crippen molar-refractivity contribution >= 4 is 9.84 Å². The Labute approximate surface area is 122 Å². The molecule has 0 radical (unpaired) electrons. The van der Waals surface area contributed by atoms with Gasteiger partial charge in [0.25, 0.3) is 0 Å². The van der Waals surface area contributed by atoms with E-state index in [-0.39, 0.29) is 10.5 Å². The number of rotatable bonds is 3. The molecule has 112 valence electrons. The Morgan fingerprint density at radius 3 is 2.14 bits per heavy atom. The summed E-state index contributed by atoms with van der Waals surface area (Å²) in [6.45, 7) is 1.53. The first kappa shape index (κ1) is 15.6. The molecule has 0 amide bonds. The first-order chi connectivity index (χ1) is 9.71. The Kier molecular flexibility index (Phi) is 4.11. The highest BCUT2D eigenvalue weighted by Gasteiger charge is 2.20. The van der Waals surface area contributed by atoms with Crippen molar-refractivity contribution in [3.05, 3.63) is 64.7 Å². The van der Waals surface area contributed by atoms with E-state index in [2.05, 4.69) is 0 Å². The molecule has 0 saturated carbocycles. The first-order valence-electron chi connectivity index (χ1n) is 6.22. The Hall–Kier alpha value is -1.79. The van der Waals surface area contributed by atoms with Gasteiger partial charge in [-0.05, 0) is 36.2 Å². The Morgan fingerprint density at radius 2 is 1.62 bits per heavy atom. The fourth-order valence-corrected chi connectivity index (χ4v) is 2.68. The quantitative estimate of drug-likeness (QED) is 0.948. The smallest absolute Gasteiger partial charge is 0.175 e. The van der Waals surface area contributed by atoms with Crippen molar-refractivity contribution in [3.63, 3.8) is 0 Å². The molecule has 0 aliphatic carbocycles. The number of hydrogen-bond acceptors (Lipinski definition) is 3. The minimum absolute atomic E-state index is 0.128. The van der Waals surface area contributed by atoms with Crippen LogP contribution in [0.3, 0.4) is 0 Å². The molecule has 0 aliphatic heterocycles. The zero-order valence-corrected chi connectivity index (χ0v) is 12.4. The molecule has 2 aromatic rings. The Bertz CT molecular complexity index is 771. The third-order valence-electron chi connectivity index (χ3n) is 3.30. The number of halogens is 2. The van der Waals surface area contributed by atoms with E-state index in [9.17, 15) is 17.2 Å². The maximum atomic E-state index is 14.1. The molecule has 1 atom stereocenters. The molecule has 3 nitrogen and oxygen atoms in total. The second-order valence-corrected chi connectivity index (χ2v) is 6.93. The monoisotopic (exact) mass is 311 g/mol. The van der Waals surface area contributed by atoms with Crippen LogP contribution in [0.5, 0.6) is 0 Å². The molecule has 2 aromatic carbocycles. The van der Waals surface area contributed by atoms with Crippen molar-refractivity contribution in [1.29, 1.82) is 0 Å². The van der Waals surface area contributed by atoms with E-state index in [1.165, 1.54) is 43.3 Å². The molecule has 0 aliphatic rings. The van der Waals surface area contributed by atoms with Crippen LogP contribution in [0.25, 0.3) is 0 Å². The molecule has 0 heterocycles. The van der Waals surface area contributed by atoms with Gasteiger partial charge in [0.05, 0.1) is 10.9 Å². The standard InChI is InChI=1S/C15H15F2NO2S/c1-9-3-8-12(16)13(14(9)17)15(18)10-4-6-11(7-5-10)21(2,19)20/h3-8,15H,18H2,1-2H3. The van der Waals surface area contributed by atoms with Crippen LogP contribution in [0, 0.1) is 18.6 Å². The van der Waals surface area contributed by atoms with Crippen LogP contribution in [0.1, 0.15) is 22.7 Å². The average Bonchev–Trinajstić information content (AvgIpc) is 2.42. The summed E-state index contributed by atoms with van der Waals surface area (Å²) in [7, 11) is -3.32.